The van der Waals surface area contributed by atoms with Crippen LogP contribution in [0.3, 0.4) is 0 Å². The summed E-state index contributed by atoms with van der Waals surface area (Å²) in [6.07, 6.45) is 3.87. The Bertz CT molecular complexity index is 920. The lowest BCUT2D eigenvalue weighted by atomic mass is 9.87. The molecule has 1 aliphatic heterocycles. The quantitative estimate of drug-likeness (QED) is 0.784. The molecule has 4 heterocycles. The summed E-state index contributed by atoms with van der Waals surface area (Å²) in [5.41, 5.74) is 2.80. The number of fused-ring (bicyclic) bond motifs is 1. The van der Waals surface area contributed by atoms with E-state index in [-0.39, 0.29) is 11.8 Å². The van der Waals surface area contributed by atoms with Gasteiger partial charge in [-0.15, -0.1) is 10.2 Å². The van der Waals surface area contributed by atoms with Crippen LogP contribution in [-0.2, 0) is 4.79 Å². The molecule has 126 valence electrons. The fourth-order valence-corrected chi connectivity index (χ4v) is 3.11. The van der Waals surface area contributed by atoms with Crippen LogP contribution in [0.2, 0.25) is 0 Å². The Kier molecular flexibility index (Phi) is 3.64. The number of carbonyl (C=O) groups excluding carboxylic acids is 1. The number of rotatable bonds is 3. The van der Waals surface area contributed by atoms with Gasteiger partial charge < -0.3 is 10.1 Å². The Morgan fingerprint density at radius 2 is 2.16 bits per heavy atom. The number of pyridine rings is 1. The smallest absolute Gasteiger partial charge is 0.233 e. The number of anilines is 1. The van der Waals surface area contributed by atoms with Gasteiger partial charge in [0, 0.05) is 36.4 Å². The van der Waals surface area contributed by atoms with Crippen molar-refractivity contribution in [1.29, 1.82) is 0 Å². The molecule has 0 aromatic carbocycles. The second kappa shape index (κ2) is 5.97. The molecule has 0 saturated carbocycles. The van der Waals surface area contributed by atoms with Crippen LogP contribution in [0.4, 0.5) is 5.82 Å². The van der Waals surface area contributed by atoms with Crippen LogP contribution >= 0.6 is 0 Å². The summed E-state index contributed by atoms with van der Waals surface area (Å²) in [5, 5.41) is 15.6. The van der Waals surface area contributed by atoms with Crippen LogP contribution in [0.15, 0.2) is 36.7 Å². The molecule has 3 aromatic rings. The monoisotopic (exact) mass is 336 g/mol. The molecular weight excluding hydrogens is 320 g/mol. The highest BCUT2D eigenvalue weighted by molar-refractivity contribution is 5.95. The first-order chi connectivity index (χ1) is 12.2. The first-order valence-corrected chi connectivity index (χ1v) is 7.84. The number of hydrogen-bond donors (Lipinski definition) is 1. The van der Waals surface area contributed by atoms with E-state index in [1.807, 2.05) is 19.1 Å². The Balaban J connectivity index is 1.84. The molecule has 1 aliphatic rings. The van der Waals surface area contributed by atoms with Gasteiger partial charge >= 0.3 is 0 Å². The molecule has 0 saturated heterocycles. The highest BCUT2D eigenvalue weighted by Crippen LogP contribution is 2.39. The minimum Gasteiger partial charge on any atom is -0.480 e. The highest BCUT2D eigenvalue weighted by atomic mass is 16.5. The topological polar surface area (TPSA) is 94.8 Å². The zero-order valence-corrected chi connectivity index (χ0v) is 13.8. The first-order valence-electron chi connectivity index (χ1n) is 7.84. The Morgan fingerprint density at radius 1 is 1.28 bits per heavy atom. The van der Waals surface area contributed by atoms with Gasteiger partial charge in [-0.2, -0.15) is 9.78 Å². The van der Waals surface area contributed by atoms with E-state index in [2.05, 4.69) is 25.6 Å². The van der Waals surface area contributed by atoms with Gasteiger partial charge in [-0.3, -0.25) is 9.78 Å². The standard InChI is InChI=1S/C17H16N6O2/c1-10-16-12(11-4-3-7-18-9-11)8-14(24)19-17(16)23(22-10)13-5-6-15(25-2)21-20-13/h3-7,9,12H,8H2,1-2H3,(H,19,24)/t12-/m1/s1. The summed E-state index contributed by atoms with van der Waals surface area (Å²) >= 11 is 0. The van der Waals surface area contributed by atoms with Crippen molar-refractivity contribution in [2.75, 3.05) is 12.4 Å². The van der Waals surface area contributed by atoms with Crippen LogP contribution in [0.5, 0.6) is 5.88 Å². The maximum Gasteiger partial charge on any atom is 0.233 e. The van der Waals surface area contributed by atoms with Gasteiger partial charge in [-0.25, -0.2) is 0 Å². The zero-order chi connectivity index (χ0) is 17.4. The van der Waals surface area contributed by atoms with Gasteiger partial charge in [0.1, 0.15) is 5.82 Å². The number of aryl methyl sites for hydroxylation is 1. The number of methoxy groups -OCH3 is 1. The van der Waals surface area contributed by atoms with Crippen molar-refractivity contribution < 1.29 is 9.53 Å². The van der Waals surface area contributed by atoms with Crippen molar-refractivity contribution in [2.24, 2.45) is 0 Å². The summed E-state index contributed by atoms with van der Waals surface area (Å²) in [5.74, 6) is 1.40. The zero-order valence-electron chi connectivity index (χ0n) is 13.8. The molecule has 1 atom stereocenters. The molecule has 4 rings (SSSR count). The van der Waals surface area contributed by atoms with E-state index in [1.165, 1.54) is 7.11 Å². The van der Waals surface area contributed by atoms with E-state index in [0.717, 1.165) is 16.8 Å². The molecule has 3 aromatic heterocycles. The Morgan fingerprint density at radius 3 is 2.84 bits per heavy atom. The van der Waals surface area contributed by atoms with Gasteiger partial charge in [-0.05, 0) is 24.6 Å². The normalized spacial score (nSPS) is 16.2. The summed E-state index contributed by atoms with van der Waals surface area (Å²) in [6, 6.07) is 7.30. The average molecular weight is 336 g/mol. The van der Waals surface area contributed by atoms with Crippen molar-refractivity contribution in [1.82, 2.24) is 25.0 Å². The predicted molar refractivity (Wildman–Crippen MR) is 89.8 cm³/mol. The first kappa shape index (κ1) is 15.3. The maximum absolute atomic E-state index is 12.3. The Labute approximate surface area is 143 Å². The number of ether oxygens (including phenoxy) is 1. The minimum absolute atomic E-state index is 0.0658. The van der Waals surface area contributed by atoms with E-state index >= 15 is 0 Å². The van der Waals surface area contributed by atoms with Crippen molar-refractivity contribution in [3.63, 3.8) is 0 Å². The molecule has 25 heavy (non-hydrogen) atoms. The van der Waals surface area contributed by atoms with Gasteiger partial charge in [0.15, 0.2) is 5.82 Å². The summed E-state index contributed by atoms with van der Waals surface area (Å²) in [4.78, 5) is 16.5. The third-order valence-corrected chi connectivity index (χ3v) is 4.24. The largest absolute Gasteiger partial charge is 0.480 e. The third kappa shape index (κ3) is 2.61. The molecule has 0 spiro atoms. The van der Waals surface area contributed by atoms with E-state index in [1.54, 1.807) is 29.2 Å². The lowest BCUT2D eigenvalue weighted by molar-refractivity contribution is -0.116. The van der Waals surface area contributed by atoms with Crippen molar-refractivity contribution in [3.8, 4) is 11.7 Å². The molecule has 1 amide bonds. The number of hydrogen-bond acceptors (Lipinski definition) is 6. The van der Waals surface area contributed by atoms with E-state index in [0.29, 0.717) is 23.9 Å². The number of aromatic nitrogens is 5. The highest BCUT2D eigenvalue weighted by Gasteiger charge is 2.33. The molecule has 8 nitrogen and oxygen atoms in total. The molecule has 1 N–H and O–H groups in total. The van der Waals surface area contributed by atoms with Crippen LogP contribution in [-0.4, -0.2) is 38.0 Å². The lowest BCUT2D eigenvalue weighted by Crippen LogP contribution is -2.25. The molecule has 0 unspecified atom stereocenters. The number of nitrogens with zero attached hydrogens (tertiary/aromatic N) is 5. The molecule has 0 fully saturated rings. The van der Waals surface area contributed by atoms with Crippen LogP contribution in [0.1, 0.15) is 29.2 Å². The van der Waals surface area contributed by atoms with Gasteiger partial charge in [0.05, 0.1) is 12.8 Å². The van der Waals surface area contributed by atoms with Gasteiger partial charge in [-0.1, -0.05) is 6.07 Å². The molecule has 0 aliphatic carbocycles. The molecular formula is C17H16N6O2. The molecule has 0 bridgehead atoms. The average Bonchev–Trinajstić information content (AvgIpc) is 2.98. The SMILES string of the molecule is COc1ccc(-n2nc(C)c3c2NC(=O)C[C@@H]3c2cccnc2)nn1. The van der Waals surface area contributed by atoms with Crippen molar-refractivity contribution in [3.05, 3.63) is 53.5 Å². The van der Waals surface area contributed by atoms with Crippen LogP contribution < -0.4 is 10.1 Å². The molecule has 8 heteroatoms. The minimum atomic E-state index is -0.0857. The van der Waals surface area contributed by atoms with E-state index in [4.69, 9.17) is 4.74 Å². The summed E-state index contributed by atoms with van der Waals surface area (Å²) in [7, 11) is 1.53. The van der Waals surface area contributed by atoms with Crippen molar-refractivity contribution >= 4 is 11.7 Å². The summed E-state index contributed by atoms with van der Waals surface area (Å²) < 4.78 is 6.64. The second-order valence-corrected chi connectivity index (χ2v) is 5.78. The lowest BCUT2D eigenvalue weighted by Gasteiger charge is -2.23. The molecule has 0 radical (unpaired) electrons. The maximum atomic E-state index is 12.3. The number of nitrogens with one attached hydrogen (secondary N) is 1. The number of carbonyl (C=O) groups is 1. The summed E-state index contributed by atoms with van der Waals surface area (Å²) in [6.45, 7) is 1.92. The Hall–Kier alpha value is -3.29. The second-order valence-electron chi connectivity index (χ2n) is 5.78. The van der Waals surface area contributed by atoms with Gasteiger partial charge in [0.25, 0.3) is 0 Å². The van der Waals surface area contributed by atoms with E-state index < -0.39 is 0 Å². The predicted octanol–water partition coefficient (Wildman–Crippen LogP) is 1.85. The van der Waals surface area contributed by atoms with E-state index in [9.17, 15) is 4.79 Å². The number of amides is 1. The van der Waals surface area contributed by atoms with Crippen LogP contribution in [0, 0.1) is 6.92 Å². The third-order valence-electron chi connectivity index (χ3n) is 4.24. The van der Waals surface area contributed by atoms with Gasteiger partial charge in [0.2, 0.25) is 11.8 Å². The van der Waals surface area contributed by atoms with Crippen molar-refractivity contribution in [2.45, 2.75) is 19.3 Å². The van der Waals surface area contributed by atoms with Crippen LogP contribution in [0.25, 0.3) is 5.82 Å². The fourth-order valence-electron chi connectivity index (χ4n) is 3.11. The fraction of sp³-hybridized carbons (Fsp3) is 0.235.